The Morgan fingerprint density at radius 2 is 1.31 bits per heavy atom. The number of thioether (sulfide) groups is 1. The van der Waals surface area contributed by atoms with Gasteiger partial charge in [0.25, 0.3) is 0 Å². The smallest absolute Gasteiger partial charge is 0.0728 e. The van der Waals surface area contributed by atoms with E-state index in [1.165, 1.54) is 92.7 Å². The molecule has 0 bridgehead atoms. The number of hydrogen-bond acceptors (Lipinski definition) is 2. The molecule has 2 aliphatic carbocycles. The van der Waals surface area contributed by atoms with E-state index in [-0.39, 0.29) is 6.04 Å². The Morgan fingerprint density at radius 1 is 0.695 bits per heavy atom. The van der Waals surface area contributed by atoms with Crippen LogP contribution >= 0.6 is 11.8 Å². The monoisotopic (exact) mass is 795 g/mol. The van der Waals surface area contributed by atoms with Crippen molar-refractivity contribution >= 4 is 28.6 Å². The first kappa shape index (κ1) is 44.9. The highest BCUT2D eigenvalue weighted by atomic mass is 32.2. The molecule has 5 aromatic carbocycles. The van der Waals surface area contributed by atoms with Crippen LogP contribution in [0.15, 0.2) is 190 Å². The molecular weight excluding hydrogens is 731 g/mol. The topological polar surface area (TPSA) is 12.4 Å². The molecule has 0 saturated heterocycles. The molecule has 1 nitrogen and oxygen atoms in total. The lowest BCUT2D eigenvalue weighted by Crippen LogP contribution is -2.11. The van der Waals surface area contributed by atoms with E-state index in [2.05, 4.69) is 192 Å². The number of aryl methyl sites for hydroxylation is 1. The van der Waals surface area contributed by atoms with Crippen molar-refractivity contribution < 1.29 is 0 Å². The van der Waals surface area contributed by atoms with E-state index in [1.807, 2.05) is 39.8 Å². The second-order valence-electron chi connectivity index (χ2n) is 15.0. The van der Waals surface area contributed by atoms with E-state index in [0.29, 0.717) is 5.25 Å². The van der Waals surface area contributed by atoms with Crippen molar-refractivity contribution in [3.63, 3.8) is 0 Å². The zero-order chi connectivity index (χ0) is 42.1. The molecule has 8 rings (SSSR count). The minimum absolute atomic E-state index is 0.0720. The highest BCUT2D eigenvalue weighted by Crippen LogP contribution is 2.49. The zero-order valence-corrected chi connectivity index (χ0v) is 37.9. The lowest BCUT2D eigenvalue weighted by Gasteiger charge is -2.24. The summed E-state index contributed by atoms with van der Waals surface area (Å²) in [5.41, 5.74) is 18.6. The third-order valence-electron chi connectivity index (χ3n) is 11.1. The molecule has 2 unspecified atom stereocenters. The molecule has 1 aliphatic heterocycles. The van der Waals surface area contributed by atoms with E-state index in [4.69, 9.17) is 4.99 Å². The van der Waals surface area contributed by atoms with Crippen molar-refractivity contribution in [3.05, 3.63) is 208 Å². The Morgan fingerprint density at radius 3 is 1.97 bits per heavy atom. The van der Waals surface area contributed by atoms with Crippen molar-refractivity contribution in [2.24, 2.45) is 4.99 Å². The van der Waals surface area contributed by atoms with Crippen LogP contribution in [-0.2, 0) is 0 Å². The van der Waals surface area contributed by atoms with Crippen LogP contribution in [0.5, 0.6) is 0 Å². The average molecular weight is 796 g/mol. The van der Waals surface area contributed by atoms with Crippen LogP contribution < -0.4 is 0 Å². The Kier molecular flexibility index (Phi) is 17.4. The van der Waals surface area contributed by atoms with Gasteiger partial charge in [0.05, 0.1) is 11.8 Å². The second kappa shape index (κ2) is 22.8. The predicted molar refractivity (Wildman–Crippen MR) is 262 cm³/mol. The number of hydrogen-bond donors (Lipinski definition) is 0. The molecule has 0 radical (unpaired) electrons. The maximum atomic E-state index is 5.14. The van der Waals surface area contributed by atoms with Gasteiger partial charge in [0.2, 0.25) is 0 Å². The third-order valence-corrected chi connectivity index (χ3v) is 12.5. The summed E-state index contributed by atoms with van der Waals surface area (Å²) in [6.07, 6.45) is 15.6. The fourth-order valence-corrected chi connectivity index (χ4v) is 9.36. The summed E-state index contributed by atoms with van der Waals surface area (Å²) in [6.45, 7) is 19.1. The summed E-state index contributed by atoms with van der Waals surface area (Å²) in [5, 5.41) is 0.641. The molecule has 0 saturated carbocycles. The van der Waals surface area contributed by atoms with Crippen LogP contribution in [0.2, 0.25) is 0 Å². The van der Waals surface area contributed by atoms with Crippen molar-refractivity contribution in [2.75, 3.05) is 0 Å². The summed E-state index contributed by atoms with van der Waals surface area (Å²) < 4.78 is 0. The molecule has 2 heteroatoms. The largest absolute Gasteiger partial charge is 0.277 e. The molecular formula is C57H65NS. The quantitative estimate of drug-likeness (QED) is 0.149. The standard InChI is InChI=1S/C31H29N.C22H24S.2C2H6/c1-23-14-16-28(17-15-23)29-18-20-30(21-19-29)31(22-24(2)26-10-6-4-7-11-26)32-25(3)27-12-8-5-9-13-27;1-15-9-3-4-10-17(15)22-16(2)18-11-5-7-13-20(18)23-21-14-8-6-12-19(21)22;2*1-2/h4-22,25H,1-3H3;3,6,8-9,11-12,14,20H,4-5,7,10,13H2,1-2H3;2*1-2H3/b24-22+,32-31?;;;. The van der Waals surface area contributed by atoms with Crippen molar-refractivity contribution in [1.82, 2.24) is 0 Å². The van der Waals surface area contributed by atoms with Gasteiger partial charge in [0, 0.05) is 10.1 Å². The van der Waals surface area contributed by atoms with Gasteiger partial charge in [-0.1, -0.05) is 179 Å². The Balaban J connectivity index is 0.000000216. The van der Waals surface area contributed by atoms with E-state index in [1.54, 1.807) is 11.1 Å². The molecule has 0 spiro atoms. The predicted octanol–water partition coefficient (Wildman–Crippen LogP) is 17.1. The fraction of sp³-hybridized carbons (Fsp3) is 0.281. The van der Waals surface area contributed by atoms with Gasteiger partial charge in [-0.15, -0.1) is 11.8 Å². The Bertz CT molecular complexity index is 2280. The van der Waals surface area contributed by atoms with Crippen LogP contribution in [0.1, 0.15) is 121 Å². The first-order valence-corrected chi connectivity index (χ1v) is 22.8. The number of rotatable bonds is 7. The minimum atomic E-state index is 0.0720. The molecule has 59 heavy (non-hydrogen) atoms. The van der Waals surface area contributed by atoms with Gasteiger partial charge in [0.15, 0.2) is 0 Å². The van der Waals surface area contributed by atoms with Gasteiger partial charge in [-0.3, -0.25) is 4.99 Å². The molecule has 0 aromatic heterocycles. The molecule has 304 valence electrons. The molecule has 5 aromatic rings. The lowest BCUT2D eigenvalue weighted by atomic mass is 9.82. The van der Waals surface area contributed by atoms with Crippen LogP contribution in [0.25, 0.3) is 22.3 Å². The van der Waals surface area contributed by atoms with Crippen LogP contribution in [0.3, 0.4) is 0 Å². The maximum Gasteiger partial charge on any atom is 0.0728 e. The molecule has 0 N–H and O–H groups in total. The minimum Gasteiger partial charge on any atom is -0.277 e. The SMILES string of the molecule is C/C(=C\C(=NC(C)c1ccccc1)c1ccc(-c2ccc(C)cc2)cc1)c1ccccc1.CC.CC.CC1=C(C2=C(C)C3=CCCCC3Sc3ccccc32)CCC=C1. The summed E-state index contributed by atoms with van der Waals surface area (Å²) >= 11 is 2.08. The molecule has 2 atom stereocenters. The normalized spacial score (nSPS) is 16.7. The first-order chi connectivity index (χ1) is 28.9. The summed E-state index contributed by atoms with van der Waals surface area (Å²) in [5.74, 6) is 0. The summed E-state index contributed by atoms with van der Waals surface area (Å²) in [6, 6.07) is 47.5. The highest BCUT2D eigenvalue weighted by molar-refractivity contribution is 8.00. The van der Waals surface area contributed by atoms with Gasteiger partial charge in [-0.05, 0) is 146 Å². The van der Waals surface area contributed by atoms with Crippen LogP contribution in [0, 0.1) is 6.92 Å². The number of fused-ring (bicyclic) bond motifs is 2. The van der Waals surface area contributed by atoms with Gasteiger partial charge in [-0.2, -0.15) is 0 Å². The van der Waals surface area contributed by atoms with Gasteiger partial charge < -0.3 is 0 Å². The average Bonchev–Trinajstić information content (AvgIpc) is 3.42. The van der Waals surface area contributed by atoms with E-state index in [9.17, 15) is 0 Å². The number of benzene rings is 5. The van der Waals surface area contributed by atoms with Gasteiger partial charge in [0.1, 0.15) is 0 Å². The van der Waals surface area contributed by atoms with Crippen LogP contribution in [0.4, 0.5) is 0 Å². The van der Waals surface area contributed by atoms with Crippen molar-refractivity contribution in [3.8, 4) is 11.1 Å². The highest BCUT2D eigenvalue weighted by Gasteiger charge is 2.29. The summed E-state index contributed by atoms with van der Waals surface area (Å²) in [7, 11) is 0. The first-order valence-electron chi connectivity index (χ1n) is 21.9. The van der Waals surface area contributed by atoms with E-state index < -0.39 is 0 Å². The molecule has 1 heterocycles. The molecule has 3 aliphatic rings. The maximum absolute atomic E-state index is 5.14. The number of allylic oxidation sites excluding steroid dienone is 9. The zero-order valence-electron chi connectivity index (χ0n) is 37.1. The van der Waals surface area contributed by atoms with E-state index in [0.717, 1.165) is 11.3 Å². The third kappa shape index (κ3) is 11.7. The summed E-state index contributed by atoms with van der Waals surface area (Å²) in [4.78, 5) is 6.60. The van der Waals surface area contributed by atoms with E-state index >= 15 is 0 Å². The fourth-order valence-electron chi connectivity index (χ4n) is 7.92. The van der Waals surface area contributed by atoms with Crippen molar-refractivity contribution in [2.45, 2.75) is 111 Å². The van der Waals surface area contributed by atoms with Crippen LogP contribution in [-0.4, -0.2) is 11.0 Å². The lowest BCUT2D eigenvalue weighted by molar-refractivity contribution is 0.718. The molecule has 0 amide bonds. The number of nitrogens with zero attached hydrogens (tertiary/aromatic N) is 1. The van der Waals surface area contributed by atoms with Gasteiger partial charge >= 0.3 is 0 Å². The Labute approximate surface area is 361 Å². The van der Waals surface area contributed by atoms with Gasteiger partial charge in [-0.25, -0.2) is 0 Å². The van der Waals surface area contributed by atoms with Crippen molar-refractivity contribution in [1.29, 1.82) is 0 Å². The Hall–Kier alpha value is -5.18. The number of aliphatic imine (C=N–C) groups is 1. The second-order valence-corrected chi connectivity index (χ2v) is 16.3. The molecule has 0 fully saturated rings.